The highest BCUT2D eigenvalue weighted by Crippen LogP contribution is 2.22. The number of hydrogen-bond donors (Lipinski definition) is 1. The molecule has 2 rings (SSSR count). The van der Waals surface area contributed by atoms with Crippen LogP contribution in [0.1, 0.15) is 11.1 Å². The lowest BCUT2D eigenvalue weighted by Crippen LogP contribution is -2.15. The molecule has 2 aromatic rings. The zero-order valence-electron chi connectivity index (χ0n) is 10.3. The molecule has 98 valence electrons. The van der Waals surface area contributed by atoms with Crippen LogP contribution in [0.25, 0.3) is 0 Å². The second kappa shape index (κ2) is 5.80. The largest absolute Gasteiger partial charge is 0.323 e. The summed E-state index contributed by atoms with van der Waals surface area (Å²) in [7, 11) is 0. The number of rotatable bonds is 3. The van der Waals surface area contributed by atoms with E-state index in [1.165, 1.54) is 12.1 Å². The Morgan fingerprint density at radius 2 is 2.00 bits per heavy atom. The van der Waals surface area contributed by atoms with Crippen LogP contribution in [0, 0.1) is 12.7 Å². The van der Waals surface area contributed by atoms with Gasteiger partial charge in [-0.15, -0.1) is 0 Å². The third-order valence-corrected chi connectivity index (χ3v) is 2.94. The molecule has 19 heavy (non-hydrogen) atoms. The molecule has 3 nitrogen and oxygen atoms in total. The van der Waals surface area contributed by atoms with E-state index in [1.54, 1.807) is 24.4 Å². The van der Waals surface area contributed by atoms with Gasteiger partial charge in [0.15, 0.2) is 5.15 Å². The summed E-state index contributed by atoms with van der Waals surface area (Å²) in [5, 5.41) is 2.97. The van der Waals surface area contributed by atoms with Gasteiger partial charge in [-0.3, -0.25) is 4.79 Å². The molecule has 5 heteroatoms. The number of carbonyl (C=O) groups excluding carboxylic acids is 1. The summed E-state index contributed by atoms with van der Waals surface area (Å²) in [5.74, 6) is -0.542. The lowest BCUT2D eigenvalue weighted by Gasteiger charge is -2.09. The first-order valence-electron chi connectivity index (χ1n) is 5.71. The van der Waals surface area contributed by atoms with Crippen LogP contribution in [-0.4, -0.2) is 10.9 Å². The summed E-state index contributed by atoms with van der Waals surface area (Å²) < 4.78 is 12.8. The monoisotopic (exact) mass is 278 g/mol. The number of benzene rings is 1. The average molecular weight is 279 g/mol. The minimum atomic E-state index is -0.324. The summed E-state index contributed by atoms with van der Waals surface area (Å²) in [6, 6.07) is 7.56. The van der Waals surface area contributed by atoms with Crippen molar-refractivity contribution in [2.45, 2.75) is 13.3 Å². The summed E-state index contributed by atoms with van der Waals surface area (Å²) in [6.45, 7) is 1.83. The minimum Gasteiger partial charge on any atom is -0.323 e. The number of amides is 1. The van der Waals surface area contributed by atoms with E-state index in [-0.39, 0.29) is 23.3 Å². The standard InChI is InChI=1S/C14H12ClFN2O/c1-9-6-7-17-14(15)13(9)18-12(19)8-10-2-4-11(16)5-3-10/h2-7H,8H2,1H3,(H,18,19). The Balaban J connectivity index is 2.07. The maximum atomic E-state index is 12.8. The molecule has 1 amide bonds. The summed E-state index contributed by atoms with van der Waals surface area (Å²) in [6.07, 6.45) is 1.73. The Morgan fingerprint density at radius 3 is 2.63 bits per heavy atom. The van der Waals surface area contributed by atoms with Gasteiger partial charge < -0.3 is 5.32 Å². The van der Waals surface area contributed by atoms with Crippen LogP contribution in [0.5, 0.6) is 0 Å². The Morgan fingerprint density at radius 1 is 1.32 bits per heavy atom. The van der Waals surface area contributed by atoms with E-state index < -0.39 is 0 Å². The molecular formula is C14H12ClFN2O. The Labute approximate surface area is 115 Å². The number of nitrogens with one attached hydrogen (secondary N) is 1. The van der Waals surface area contributed by atoms with Crippen molar-refractivity contribution in [2.24, 2.45) is 0 Å². The number of pyridine rings is 1. The number of carbonyl (C=O) groups is 1. The third kappa shape index (κ3) is 3.51. The minimum absolute atomic E-state index is 0.158. The second-order valence-electron chi connectivity index (χ2n) is 4.15. The van der Waals surface area contributed by atoms with Crippen LogP contribution in [0.3, 0.4) is 0 Å². The lowest BCUT2D eigenvalue weighted by molar-refractivity contribution is -0.115. The topological polar surface area (TPSA) is 42.0 Å². The maximum Gasteiger partial charge on any atom is 0.228 e. The van der Waals surface area contributed by atoms with Crippen LogP contribution in [0.4, 0.5) is 10.1 Å². The molecular weight excluding hydrogens is 267 g/mol. The molecule has 1 N–H and O–H groups in total. The van der Waals surface area contributed by atoms with Crippen molar-refractivity contribution in [3.8, 4) is 0 Å². The highest BCUT2D eigenvalue weighted by molar-refractivity contribution is 6.32. The molecule has 0 aliphatic carbocycles. The Hall–Kier alpha value is -1.94. The zero-order chi connectivity index (χ0) is 13.8. The predicted molar refractivity (Wildman–Crippen MR) is 72.7 cm³/mol. The lowest BCUT2D eigenvalue weighted by atomic mass is 10.1. The van der Waals surface area contributed by atoms with Crippen molar-refractivity contribution in [3.63, 3.8) is 0 Å². The number of halogens is 2. The fraction of sp³-hybridized carbons (Fsp3) is 0.143. The van der Waals surface area contributed by atoms with E-state index in [4.69, 9.17) is 11.6 Å². The van der Waals surface area contributed by atoms with Gasteiger partial charge in [0.1, 0.15) is 5.82 Å². The van der Waals surface area contributed by atoms with Crippen molar-refractivity contribution in [3.05, 3.63) is 58.6 Å². The molecule has 0 saturated heterocycles. The van der Waals surface area contributed by atoms with Crippen LogP contribution < -0.4 is 5.32 Å². The van der Waals surface area contributed by atoms with Crippen molar-refractivity contribution in [1.29, 1.82) is 0 Å². The molecule has 0 bridgehead atoms. The number of aryl methyl sites for hydroxylation is 1. The highest BCUT2D eigenvalue weighted by Gasteiger charge is 2.10. The van der Waals surface area contributed by atoms with Gasteiger partial charge in [0.2, 0.25) is 5.91 Å². The van der Waals surface area contributed by atoms with Crippen molar-refractivity contribution < 1.29 is 9.18 Å². The van der Waals surface area contributed by atoms with E-state index in [9.17, 15) is 9.18 Å². The van der Waals surface area contributed by atoms with Crippen molar-refractivity contribution in [2.75, 3.05) is 5.32 Å². The average Bonchev–Trinajstić information content (AvgIpc) is 2.37. The quantitative estimate of drug-likeness (QED) is 0.875. The van der Waals surface area contributed by atoms with Crippen LogP contribution in [0.2, 0.25) is 5.15 Å². The van der Waals surface area contributed by atoms with E-state index in [0.29, 0.717) is 5.69 Å². The molecule has 0 atom stereocenters. The van der Waals surface area contributed by atoms with E-state index in [1.807, 2.05) is 6.92 Å². The van der Waals surface area contributed by atoms with E-state index in [0.717, 1.165) is 11.1 Å². The highest BCUT2D eigenvalue weighted by atomic mass is 35.5. The first-order valence-corrected chi connectivity index (χ1v) is 6.09. The van der Waals surface area contributed by atoms with E-state index in [2.05, 4.69) is 10.3 Å². The summed E-state index contributed by atoms with van der Waals surface area (Å²) >= 11 is 5.92. The van der Waals surface area contributed by atoms with Gasteiger partial charge in [0.25, 0.3) is 0 Å². The zero-order valence-corrected chi connectivity index (χ0v) is 11.0. The van der Waals surface area contributed by atoms with Gasteiger partial charge >= 0.3 is 0 Å². The van der Waals surface area contributed by atoms with Gasteiger partial charge in [-0.05, 0) is 36.2 Å². The molecule has 0 aliphatic heterocycles. The van der Waals surface area contributed by atoms with Gasteiger partial charge in [0.05, 0.1) is 12.1 Å². The Kier molecular flexibility index (Phi) is 4.12. The SMILES string of the molecule is Cc1ccnc(Cl)c1NC(=O)Cc1ccc(F)cc1. The number of hydrogen-bond acceptors (Lipinski definition) is 2. The molecule has 0 unspecified atom stereocenters. The number of anilines is 1. The number of aromatic nitrogens is 1. The van der Waals surface area contributed by atoms with Gasteiger partial charge in [-0.1, -0.05) is 23.7 Å². The van der Waals surface area contributed by atoms with Gasteiger partial charge in [-0.25, -0.2) is 9.37 Å². The van der Waals surface area contributed by atoms with E-state index >= 15 is 0 Å². The summed E-state index contributed by atoms with van der Waals surface area (Å²) in [5.41, 5.74) is 2.08. The first-order chi connectivity index (χ1) is 9.06. The molecule has 1 aromatic carbocycles. The molecule has 0 aliphatic rings. The third-order valence-electron chi connectivity index (χ3n) is 2.66. The molecule has 0 fully saturated rings. The number of nitrogens with zero attached hydrogens (tertiary/aromatic N) is 1. The van der Waals surface area contributed by atoms with Crippen molar-refractivity contribution >= 4 is 23.2 Å². The predicted octanol–water partition coefficient (Wildman–Crippen LogP) is 3.36. The molecule has 0 radical (unpaired) electrons. The Bertz CT molecular complexity index is 579. The summed E-state index contributed by atoms with van der Waals surface area (Å²) in [4.78, 5) is 15.8. The maximum absolute atomic E-state index is 12.8. The first kappa shape index (κ1) is 13.5. The second-order valence-corrected chi connectivity index (χ2v) is 4.50. The molecule has 0 spiro atoms. The molecule has 1 heterocycles. The van der Waals surface area contributed by atoms with Crippen LogP contribution in [0.15, 0.2) is 36.5 Å². The molecule has 0 saturated carbocycles. The van der Waals surface area contributed by atoms with Gasteiger partial charge in [-0.2, -0.15) is 0 Å². The van der Waals surface area contributed by atoms with Crippen LogP contribution >= 0.6 is 11.6 Å². The molecule has 1 aromatic heterocycles. The van der Waals surface area contributed by atoms with Crippen molar-refractivity contribution in [1.82, 2.24) is 4.98 Å². The smallest absolute Gasteiger partial charge is 0.228 e. The fourth-order valence-electron chi connectivity index (χ4n) is 1.65. The normalized spacial score (nSPS) is 10.3. The van der Waals surface area contributed by atoms with Gasteiger partial charge in [0, 0.05) is 6.20 Å². The van der Waals surface area contributed by atoms with Crippen LogP contribution in [-0.2, 0) is 11.2 Å². The fourth-order valence-corrected chi connectivity index (χ4v) is 1.90.